The molecule has 1 aromatic rings. The van der Waals surface area contributed by atoms with Crippen molar-refractivity contribution in [3.63, 3.8) is 0 Å². The highest BCUT2D eigenvalue weighted by atomic mass is 16.1. The zero-order valence-electron chi connectivity index (χ0n) is 19.2. The molecule has 1 aliphatic carbocycles. The lowest BCUT2D eigenvalue weighted by molar-refractivity contribution is -0.110. The molecule has 3 heterocycles. The van der Waals surface area contributed by atoms with Gasteiger partial charge >= 0.3 is 0 Å². The van der Waals surface area contributed by atoms with Crippen LogP contribution < -0.4 is 10.2 Å². The predicted octanol–water partition coefficient (Wildman–Crippen LogP) is 2.94. The normalized spacial score (nSPS) is 28.4. The summed E-state index contributed by atoms with van der Waals surface area (Å²) < 4.78 is 2.32. The number of anilines is 1. The van der Waals surface area contributed by atoms with E-state index in [1.165, 1.54) is 37.2 Å². The summed E-state index contributed by atoms with van der Waals surface area (Å²) in [5, 5.41) is 8.61. The maximum Gasteiger partial charge on any atom is 0.154 e. The first-order valence-electron chi connectivity index (χ1n) is 11.2. The van der Waals surface area contributed by atoms with E-state index in [0.717, 1.165) is 38.0 Å². The van der Waals surface area contributed by atoms with Gasteiger partial charge in [-0.25, -0.2) is 0 Å². The average Bonchev–Trinajstić information content (AvgIpc) is 2.80. The number of nitrogens with one attached hydrogen (secondary N) is 1. The van der Waals surface area contributed by atoms with Crippen LogP contribution >= 0.6 is 0 Å². The van der Waals surface area contributed by atoms with Gasteiger partial charge in [-0.05, 0) is 78.3 Å². The molecule has 0 aromatic carbocycles. The Hall–Kier alpha value is -1.40. The van der Waals surface area contributed by atoms with Crippen LogP contribution in [0, 0.1) is 24.7 Å². The highest BCUT2D eigenvalue weighted by Crippen LogP contribution is 2.52. The summed E-state index contributed by atoms with van der Waals surface area (Å²) >= 11 is 0. The van der Waals surface area contributed by atoms with Gasteiger partial charge in [0, 0.05) is 49.4 Å². The third-order valence-corrected chi connectivity index (χ3v) is 7.94. The number of piperidine rings is 1. The van der Waals surface area contributed by atoms with E-state index in [1.807, 2.05) is 0 Å². The summed E-state index contributed by atoms with van der Waals surface area (Å²) in [5.74, 6) is 1.16. The van der Waals surface area contributed by atoms with Crippen molar-refractivity contribution in [2.75, 3.05) is 45.2 Å². The van der Waals surface area contributed by atoms with Crippen LogP contribution in [0.2, 0.25) is 0 Å². The van der Waals surface area contributed by atoms with Gasteiger partial charge in [0.25, 0.3) is 0 Å². The average molecular weight is 402 g/mol. The molecule has 6 heteroatoms. The van der Waals surface area contributed by atoms with E-state index in [2.05, 4.69) is 61.6 Å². The minimum absolute atomic E-state index is 0.0214. The Bertz CT molecular complexity index is 770. The number of hydrogen-bond acceptors (Lipinski definition) is 5. The Labute approximate surface area is 176 Å². The fraction of sp³-hybridized carbons (Fsp3) is 0.826. The summed E-state index contributed by atoms with van der Waals surface area (Å²) in [5.41, 5.74) is 3.24. The van der Waals surface area contributed by atoms with Gasteiger partial charge in [0.1, 0.15) is 6.29 Å². The number of nitrogens with zero attached hydrogens (tertiary/aromatic N) is 4. The molecule has 3 aliphatic rings. The van der Waals surface area contributed by atoms with E-state index >= 15 is 0 Å². The van der Waals surface area contributed by atoms with Gasteiger partial charge in [-0.15, -0.1) is 0 Å². The molecule has 1 aromatic heterocycles. The lowest BCUT2D eigenvalue weighted by atomic mass is 9.61. The van der Waals surface area contributed by atoms with E-state index in [4.69, 9.17) is 5.10 Å². The Morgan fingerprint density at radius 3 is 2.45 bits per heavy atom. The molecule has 1 spiro atoms. The van der Waals surface area contributed by atoms with Crippen molar-refractivity contribution >= 4 is 12.1 Å². The molecule has 162 valence electrons. The van der Waals surface area contributed by atoms with Gasteiger partial charge < -0.3 is 19.9 Å². The second kappa shape index (κ2) is 7.09. The minimum Gasteiger partial charge on any atom is -0.350 e. The zero-order chi connectivity index (χ0) is 21.0. The van der Waals surface area contributed by atoms with E-state index in [0.29, 0.717) is 17.9 Å². The molecule has 29 heavy (non-hydrogen) atoms. The summed E-state index contributed by atoms with van der Waals surface area (Å²) in [6, 6.07) is 0.556. The van der Waals surface area contributed by atoms with Gasteiger partial charge in [-0.3, -0.25) is 4.68 Å². The number of aldehydes is 1. The van der Waals surface area contributed by atoms with Crippen LogP contribution in [0.4, 0.5) is 5.82 Å². The van der Waals surface area contributed by atoms with E-state index in [1.54, 1.807) is 0 Å². The van der Waals surface area contributed by atoms with Crippen LogP contribution in [0.3, 0.4) is 0 Å². The number of carbonyl (C=O) groups excluding carboxylic acids is 1. The number of rotatable bonds is 6. The Morgan fingerprint density at radius 1 is 1.24 bits per heavy atom. The maximum absolute atomic E-state index is 11.5. The van der Waals surface area contributed by atoms with E-state index in [-0.39, 0.29) is 11.0 Å². The van der Waals surface area contributed by atoms with Gasteiger partial charge in [0.05, 0.1) is 6.04 Å². The predicted molar refractivity (Wildman–Crippen MR) is 118 cm³/mol. The van der Waals surface area contributed by atoms with Crippen LogP contribution in [-0.2, 0) is 4.79 Å². The van der Waals surface area contributed by atoms with Gasteiger partial charge in [-0.2, -0.15) is 5.10 Å². The molecule has 1 saturated carbocycles. The molecule has 2 aliphatic heterocycles. The number of aromatic nitrogens is 2. The van der Waals surface area contributed by atoms with Crippen molar-refractivity contribution in [3.8, 4) is 0 Å². The van der Waals surface area contributed by atoms with Crippen LogP contribution in [0.5, 0.6) is 0 Å². The monoisotopic (exact) mass is 401 g/mol. The smallest absolute Gasteiger partial charge is 0.154 e. The van der Waals surface area contributed by atoms with Crippen LogP contribution in [-0.4, -0.2) is 66.8 Å². The Morgan fingerprint density at radius 2 is 1.93 bits per heavy atom. The van der Waals surface area contributed by atoms with Crippen LogP contribution in [0.15, 0.2) is 0 Å². The third-order valence-electron chi connectivity index (χ3n) is 7.94. The highest BCUT2D eigenvalue weighted by molar-refractivity contribution is 5.54. The van der Waals surface area contributed by atoms with Crippen LogP contribution in [0.1, 0.15) is 63.3 Å². The minimum atomic E-state index is -0.0214. The summed E-state index contributed by atoms with van der Waals surface area (Å²) in [7, 11) is 4.23. The second-order valence-electron chi connectivity index (χ2n) is 11.1. The van der Waals surface area contributed by atoms with Crippen molar-refractivity contribution < 1.29 is 4.79 Å². The SMILES string of the molecule is Cc1c(N2CCC(CC=O)(CN(C)C)CC2(C)C)nn(C2CC3(CNC3)C2)c1C. The van der Waals surface area contributed by atoms with Crippen molar-refractivity contribution in [3.05, 3.63) is 11.3 Å². The number of hydrogen-bond donors (Lipinski definition) is 1. The van der Waals surface area contributed by atoms with Crippen molar-refractivity contribution in [1.82, 2.24) is 20.0 Å². The first-order chi connectivity index (χ1) is 13.6. The Kier molecular flexibility index (Phi) is 5.10. The van der Waals surface area contributed by atoms with Crippen molar-refractivity contribution in [2.24, 2.45) is 10.8 Å². The van der Waals surface area contributed by atoms with Gasteiger partial charge in [0.15, 0.2) is 5.82 Å². The summed E-state index contributed by atoms with van der Waals surface area (Å²) in [6.45, 7) is 13.4. The molecule has 6 nitrogen and oxygen atoms in total. The zero-order valence-corrected chi connectivity index (χ0v) is 19.2. The molecule has 1 N–H and O–H groups in total. The number of carbonyl (C=O) groups is 1. The fourth-order valence-corrected chi connectivity index (χ4v) is 6.44. The largest absolute Gasteiger partial charge is 0.350 e. The molecular weight excluding hydrogens is 362 g/mol. The second-order valence-corrected chi connectivity index (χ2v) is 11.1. The summed E-state index contributed by atoms with van der Waals surface area (Å²) in [4.78, 5) is 16.2. The van der Waals surface area contributed by atoms with Gasteiger partial charge in [0.2, 0.25) is 0 Å². The molecule has 4 rings (SSSR count). The first-order valence-corrected chi connectivity index (χ1v) is 11.2. The topological polar surface area (TPSA) is 53.4 Å². The quantitative estimate of drug-likeness (QED) is 0.743. The van der Waals surface area contributed by atoms with Crippen molar-refractivity contribution in [2.45, 2.75) is 71.4 Å². The summed E-state index contributed by atoms with van der Waals surface area (Å²) in [6.07, 6.45) is 6.34. The lowest BCUT2D eigenvalue weighted by Crippen LogP contribution is -2.60. The molecule has 0 amide bonds. The molecule has 1 unspecified atom stereocenters. The van der Waals surface area contributed by atoms with Crippen LogP contribution in [0.25, 0.3) is 0 Å². The maximum atomic E-state index is 11.5. The molecule has 3 fully saturated rings. The van der Waals surface area contributed by atoms with E-state index < -0.39 is 0 Å². The molecule has 0 bridgehead atoms. The standard InChI is InChI=1S/C23H39N5O/c1-17-18(2)28(19-11-23(12-19)14-24-15-23)25-20(17)27-9-7-22(8-10-29,16-26(5)6)13-21(27,3)4/h10,19,24H,7-9,11-16H2,1-6H3. The molecule has 0 radical (unpaired) electrons. The van der Waals surface area contributed by atoms with Gasteiger partial charge in [-0.1, -0.05) is 0 Å². The fourth-order valence-electron chi connectivity index (χ4n) is 6.44. The first kappa shape index (κ1) is 20.9. The molecule has 2 saturated heterocycles. The highest BCUT2D eigenvalue weighted by Gasteiger charge is 2.50. The van der Waals surface area contributed by atoms with Crippen molar-refractivity contribution in [1.29, 1.82) is 0 Å². The lowest BCUT2D eigenvalue weighted by Gasteiger charge is -2.54. The van der Waals surface area contributed by atoms with E-state index in [9.17, 15) is 4.79 Å². The molecule has 1 atom stereocenters. The third kappa shape index (κ3) is 3.52. The molecular formula is C23H39N5O. The Balaban J connectivity index is 1.56.